The van der Waals surface area contributed by atoms with E-state index in [1.54, 1.807) is 23.6 Å². The molecule has 0 radical (unpaired) electrons. The maximum Gasteiger partial charge on any atom is 0.416 e. The Morgan fingerprint density at radius 3 is 2.17 bits per heavy atom. The Morgan fingerprint density at radius 2 is 1.55 bits per heavy atom. The molecule has 0 N–H and O–H groups in total. The Morgan fingerprint density at radius 1 is 0.897 bits per heavy atom. The van der Waals surface area contributed by atoms with Crippen molar-refractivity contribution >= 4 is 23.2 Å². The largest absolute Gasteiger partial charge is 0.416 e. The fraction of sp³-hybridized carbons (Fsp3) is 0.0870. The van der Waals surface area contributed by atoms with Crippen LogP contribution in [0.1, 0.15) is 16.7 Å². The lowest BCUT2D eigenvalue weighted by Crippen LogP contribution is -2.05. The molecule has 0 saturated heterocycles. The Kier molecular flexibility index (Phi) is 6.54. The minimum Gasteiger partial charge on any atom is -0.248 e. The minimum atomic E-state index is -4.39. The SMILES string of the molecule is Cc1ccccc1/N=C(/C=C/Sc1ccc(F)cc1)c1ccc(C(F)(F)F)cc1. The Balaban J connectivity index is 1.92. The van der Waals surface area contributed by atoms with Crippen molar-refractivity contribution in [3.8, 4) is 0 Å². The second-order valence-corrected chi connectivity index (χ2v) is 7.21. The van der Waals surface area contributed by atoms with Gasteiger partial charge in [-0.3, -0.25) is 0 Å². The summed E-state index contributed by atoms with van der Waals surface area (Å²) in [4.78, 5) is 5.48. The van der Waals surface area contributed by atoms with E-state index in [1.165, 1.54) is 36.0 Å². The van der Waals surface area contributed by atoms with E-state index < -0.39 is 11.7 Å². The fourth-order valence-electron chi connectivity index (χ4n) is 2.54. The lowest BCUT2D eigenvalue weighted by molar-refractivity contribution is -0.137. The third-order valence-corrected chi connectivity index (χ3v) is 4.92. The predicted octanol–water partition coefficient (Wildman–Crippen LogP) is 7.58. The summed E-state index contributed by atoms with van der Waals surface area (Å²) in [6, 6.07) is 18.5. The van der Waals surface area contributed by atoms with Crippen molar-refractivity contribution in [1.82, 2.24) is 0 Å². The Hall–Kier alpha value is -2.86. The van der Waals surface area contributed by atoms with E-state index in [2.05, 4.69) is 4.99 Å². The molecule has 0 unspecified atom stereocenters. The lowest BCUT2D eigenvalue weighted by Gasteiger charge is -2.09. The van der Waals surface area contributed by atoms with Crippen molar-refractivity contribution in [2.24, 2.45) is 4.99 Å². The monoisotopic (exact) mass is 415 g/mol. The van der Waals surface area contributed by atoms with Gasteiger partial charge in [-0.25, -0.2) is 9.38 Å². The summed E-state index contributed by atoms with van der Waals surface area (Å²) >= 11 is 1.37. The summed E-state index contributed by atoms with van der Waals surface area (Å²) in [7, 11) is 0. The molecule has 0 fully saturated rings. The molecule has 0 saturated carbocycles. The second-order valence-electron chi connectivity index (χ2n) is 6.23. The number of hydrogen-bond donors (Lipinski definition) is 0. The number of rotatable bonds is 5. The van der Waals surface area contributed by atoms with Crippen LogP contribution in [0, 0.1) is 12.7 Å². The highest BCUT2D eigenvalue weighted by molar-refractivity contribution is 8.02. The van der Waals surface area contributed by atoms with Crippen molar-refractivity contribution in [3.63, 3.8) is 0 Å². The maximum absolute atomic E-state index is 13.0. The zero-order valence-corrected chi connectivity index (χ0v) is 16.3. The van der Waals surface area contributed by atoms with E-state index in [0.29, 0.717) is 11.3 Å². The van der Waals surface area contributed by atoms with Crippen molar-refractivity contribution in [3.05, 3.63) is 107 Å². The van der Waals surface area contributed by atoms with Crippen molar-refractivity contribution in [2.75, 3.05) is 0 Å². The van der Waals surface area contributed by atoms with E-state index in [4.69, 9.17) is 0 Å². The van der Waals surface area contributed by atoms with Gasteiger partial charge >= 0.3 is 6.18 Å². The highest BCUT2D eigenvalue weighted by atomic mass is 32.2. The topological polar surface area (TPSA) is 12.4 Å². The van der Waals surface area contributed by atoms with Crippen LogP contribution in [0.5, 0.6) is 0 Å². The number of thioether (sulfide) groups is 1. The van der Waals surface area contributed by atoms with Crippen LogP contribution in [0.3, 0.4) is 0 Å². The molecule has 0 spiro atoms. The number of hydrogen-bond acceptors (Lipinski definition) is 2. The van der Waals surface area contributed by atoms with Gasteiger partial charge in [-0.1, -0.05) is 42.1 Å². The zero-order chi connectivity index (χ0) is 20.9. The number of halogens is 4. The van der Waals surface area contributed by atoms with Gasteiger partial charge in [-0.05, 0) is 66.4 Å². The van der Waals surface area contributed by atoms with Gasteiger partial charge in [0.25, 0.3) is 0 Å². The van der Waals surface area contributed by atoms with Crippen LogP contribution in [0.25, 0.3) is 0 Å². The predicted molar refractivity (Wildman–Crippen MR) is 110 cm³/mol. The van der Waals surface area contributed by atoms with E-state index >= 15 is 0 Å². The van der Waals surface area contributed by atoms with Gasteiger partial charge in [-0.2, -0.15) is 13.2 Å². The van der Waals surface area contributed by atoms with Crippen LogP contribution >= 0.6 is 11.8 Å². The quantitative estimate of drug-likeness (QED) is 0.238. The highest BCUT2D eigenvalue weighted by Gasteiger charge is 2.30. The van der Waals surface area contributed by atoms with Gasteiger partial charge in [0.15, 0.2) is 0 Å². The summed E-state index contributed by atoms with van der Waals surface area (Å²) in [6.07, 6.45) is -2.65. The first-order chi connectivity index (χ1) is 13.8. The van der Waals surface area contributed by atoms with Crippen LogP contribution in [0.15, 0.2) is 94.2 Å². The van der Waals surface area contributed by atoms with Crippen molar-refractivity contribution < 1.29 is 17.6 Å². The summed E-state index contributed by atoms with van der Waals surface area (Å²) in [5.74, 6) is -0.315. The molecule has 3 aromatic rings. The molecule has 0 aliphatic carbocycles. The number of para-hydroxylation sites is 1. The number of nitrogens with zero attached hydrogens (tertiary/aromatic N) is 1. The molecular formula is C23H17F4NS. The molecule has 1 nitrogen and oxygen atoms in total. The van der Waals surface area contributed by atoms with E-state index in [9.17, 15) is 17.6 Å². The molecule has 0 aromatic heterocycles. The second kappa shape index (κ2) is 9.09. The Bertz CT molecular complexity index is 1020. The first-order valence-corrected chi connectivity index (χ1v) is 9.61. The summed E-state index contributed by atoms with van der Waals surface area (Å²) in [5.41, 5.74) is 2.08. The fourth-order valence-corrected chi connectivity index (χ4v) is 3.18. The first-order valence-electron chi connectivity index (χ1n) is 8.74. The van der Waals surface area contributed by atoms with Gasteiger partial charge in [0.05, 0.1) is 17.0 Å². The normalized spacial score (nSPS) is 12.5. The van der Waals surface area contributed by atoms with E-state index in [-0.39, 0.29) is 5.82 Å². The molecule has 0 atom stereocenters. The van der Waals surface area contributed by atoms with Gasteiger partial charge in [0, 0.05) is 10.5 Å². The molecule has 0 heterocycles. The zero-order valence-electron chi connectivity index (χ0n) is 15.5. The average molecular weight is 415 g/mol. The summed E-state index contributed by atoms with van der Waals surface area (Å²) in [5, 5.41) is 1.78. The number of aryl methyl sites for hydroxylation is 1. The van der Waals surface area contributed by atoms with Crippen LogP contribution in [0.2, 0.25) is 0 Å². The molecule has 29 heavy (non-hydrogen) atoms. The lowest BCUT2D eigenvalue weighted by atomic mass is 10.1. The molecule has 3 aromatic carbocycles. The van der Waals surface area contributed by atoms with Crippen molar-refractivity contribution in [1.29, 1.82) is 0 Å². The number of alkyl halides is 3. The number of aliphatic imine (C=N–C) groups is 1. The van der Waals surface area contributed by atoms with Crippen molar-refractivity contribution in [2.45, 2.75) is 18.0 Å². The number of allylic oxidation sites excluding steroid dienone is 1. The third-order valence-electron chi connectivity index (χ3n) is 4.11. The van der Waals surface area contributed by atoms with Gasteiger partial charge < -0.3 is 0 Å². The van der Waals surface area contributed by atoms with Gasteiger partial charge in [-0.15, -0.1) is 0 Å². The molecule has 0 amide bonds. The molecule has 3 rings (SSSR count). The molecule has 6 heteroatoms. The number of benzene rings is 3. The molecule has 148 valence electrons. The first kappa shape index (κ1) is 20.9. The van der Waals surface area contributed by atoms with Gasteiger partial charge in [0.2, 0.25) is 0 Å². The van der Waals surface area contributed by atoms with E-state index in [0.717, 1.165) is 28.3 Å². The molecular weight excluding hydrogens is 398 g/mol. The molecule has 0 bridgehead atoms. The smallest absolute Gasteiger partial charge is 0.248 e. The maximum atomic E-state index is 13.0. The minimum absolute atomic E-state index is 0.315. The Labute approximate surface area is 170 Å². The third kappa shape index (κ3) is 5.81. The van der Waals surface area contributed by atoms with Crippen LogP contribution in [-0.2, 0) is 6.18 Å². The van der Waals surface area contributed by atoms with Crippen LogP contribution in [-0.4, -0.2) is 5.71 Å². The average Bonchev–Trinajstić information content (AvgIpc) is 2.70. The van der Waals surface area contributed by atoms with E-state index in [1.807, 2.05) is 31.2 Å². The van der Waals surface area contributed by atoms with Gasteiger partial charge in [0.1, 0.15) is 5.82 Å². The summed E-state index contributed by atoms with van der Waals surface area (Å²) < 4.78 is 51.6. The summed E-state index contributed by atoms with van der Waals surface area (Å²) in [6.45, 7) is 1.92. The highest BCUT2D eigenvalue weighted by Crippen LogP contribution is 2.30. The molecule has 0 aliphatic rings. The molecule has 0 aliphatic heterocycles. The standard InChI is InChI=1S/C23H17F4NS/c1-16-4-2-3-5-21(16)28-22(14-15-29-20-12-10-19(24)11-13-20)17-6-8-18(9-7-17)23(25,26)27/h2-15H,1H3/b15-14+,28-22-. The van der Waals surface area contributed by atoms with Crippen LogP contribution in [0.4, 0.5) is 23.2 Å². The van der Waals surface area contributed by atoms with Crippen LogP contribution < -0.4 is 0 Å².